The second-order valence-corrected chi connectivity index (χ2v) is 4.15. The second-order valence-electron chi connectivity index (χ2n) is 4.15. The monoisotopic (exact) mass is 221 g/mol. The van der Waals surface area contributed by atoms with Gasteiger partial charge < -0.3 is 5.11 Å². The molecule has 0 fully saturated rings. The van der Waals surface area contributed by atoms with Gasteiger partial charge in [0.1, 0.15) is 0 Å². The zero-order chi connectivity index (χ0) is 11.7. The largest absolute Gasteiger partial charge is 0.398 e. The summed E-state index contributed by atoms with van der Waals surface area (Å²) in [5, 5.41) is 9.36. The Bertz CT molecular complexity index is 534. The highest BCUT2D eigenvalue weighted by atomic mass is 16.3. The van der Waals surface area contributed by atoms with Crippen LogP contribution in [-0.2, 0) is 0 Å². The number of hydrogen-bond acceptors (Lipinski definition) is 1. The zero-order valence-electron chi connectivity index (χ0n) is 9.43. The third-order valence-electron chi connectivity index (χ3n) is 3.16. The maximum absolute atomic E-state index is 9.36. The zero-order valence-corrected chi connectivity index (χ0v) is 9.43. The normalized spacial score (nSPS) is 20.9. The van der Waals surface area contributed by atoms with Crippen molar-refractivity contribution in [1.82, 2.24) is 0 Å². The lowest BCUT2D eigenvalue weighted by Crippen LogP contribution is -2.12. The van der Waals surface area contributed by atoms with E-state index in [9.17, 15) is 5.11 Å². The van der Waals surface area contributed by atoms with E-state index in [1.54, 1.807) is 0 Å². The van der Waals surface area contributed by atoms with Gasteiger partial charge in [-0.1, -0.05) is 52.5 Å². The average molecular weight is 221 g/mol. The Hall–Kier alpha value is -1.99. The minimum atomic E-state index is 0.0851. The molecule has 17 heavy (non-hydrogen) atoms. The second kappa shape index (κ2) is 4.11. The SMILES string of the molecule is OCC1=CC=C[C-]2C1=CC=CC2=C1C=CC=C1. The van der Waals surface area contributed by atoms with Crippen molar-refractivity contribution in [3.8, 4) is 0 Å². The van der Waals surface area contributed by atoms with Crippen molar-refractivity contribution < 1.29 is 5.11 Å². The van der Waals surface area contributed by atoms with Gasteiger partial charge in [0, 0.05) is 6.61 Å². The molecule has 0 saturated heterocycles. The molecule has 0 amide bonds. The molecule has 0 unspecified atom stereocenters. The van der Waals surface area contributed by atoms with Gasteiger partial charge in [0.05, 0.1) is 0 Å². The maximum atomic E-state index is 9.36. The Balaban J connectivity index is 2.07. The minimum Gasteiger partial charge on any atom is -0.398 e. The highest BCUT2D eigenvalue weighted by molar-refractivity contribution is 5.69. The van der Waals surface area contributed by atoms with Crippen molar-refractivity contribution in [3.05, 3.63) is 89.0 Å². The van der Waals surface area contributed by atoms with E-state index in [1.165, 1.54) is 17.1 Å². The fourth-order valence-electron chi connectivity index (χ4n) is 2.32. The van der Waals surface area contributed by atoms with Crippen molar-refractivity contribution in [2.24, 2.45) is 0 Å². The van der Waals surface area contributed by atoms with Crippen LogP contribution in [0.2, 0.25) is 0 Å². The third-order valence-corrected chi connectivity index (χ3v) is 3.16. The van der Waals surface area contributed by atoms with Crippen molar-refractivity contribution in [3.63, 3.8) is 0 Å². The summed E-state index contributed by atoms with van der Waals surface area (Å²) in [5.41, 5.74) is 4.57. The summed E-state index contributed by atoms with van der Waals surface area (Å²) in [4.78, 5) is 0. The summed E-state index contributed by atoms with van der Waals surface area (Å²) in [6.45, 7) is 0.0851. The Morgan fingerprint density at radius 3 is 2.53 bits per heavy atom. The summed E-state index contributed by atoms with van der Waals surface area (Å²) in [6.07, 6.45) is 20.6. The van der Waals surface area contributed by atoms with E-state index in [1.807, 2.05) is 30.4 Å². The highest BCUT2D eigenvalue weighted by Gasteiger charge is 2.16. The predicted molar refractivity (Wildman–Crippen MR) is 70.1 cm³/mol. The number of rotatable bonds is 1. The summed E-state index contributed by atoms with van der Waals surface area (Å²) < 4.78 is 0. The van der Waals surface area contributed by atoms with Gasteiger partial charge in [-0.3, -0.25) is 0 Å². The van der Waals surface area contributed by atoms with E-state index in [4.69, 9.17) is 0 Å². The quantitative estimate of drug-likeness (QED) is 0.675. The Morgan fingerprint density at radius 2 is 1.76 bits per heavy atom. The van der Waals surface area contributed by atoms with Crippen LogP contribution in [0.3, 0.4) is 0 Å². The first-order chi connectivity index (χ1) is 8.40. The number of aliphatic hydroxyl groups excluding tert-OH is 1. The number of hydrogen-bond donors (Lipinski definition) is 1. The molecule has 0 aromatic carbocycles. The van der Waals surface area contributed by atoms with E-state index in [0.717, 1.165) is 11.1 Å². The lowest BCUT2D eigenvalue weighted by molar-refractivity contribution is 0.333. The summed E-state index contributed by atoms with van der Waals surface area (Å²) >= 11 is 0. The fraction of sp³-hybridized carbons (Fsp3) is 0.0625. The van der Waals surface area contributed by atoms with Gasteiger partial charge in [0.2, 0.25) is 0 Å². The molecule has 3 aliphatic carbocycles. The maximum Gasteiger partial charge on any atom is 0.0460 e. The molecule has 0 aliphatic heterocycles. The van der Waals surface area contributed by atoms with Crippen molar-refractivity contribution in [2.75, 3.05) is 6.61 Å². The Kier molecular flexibility index (Phi) is 2.46. The Morgan fingerprint density at radius 1 is 0.941 bits per heavy atom. The summed E-state index contributed by atoms with van der Waals surface area (Å²) in [6, 6.07) is 0. The van der Waals surface area contributed by atoms with Gasteiger partial charge in [-0.15, -0.1) is 36.5 Å². The van der Waals surface area contributed by atoms with Gasteiger partial charge >= 0.3 is 0 Å². The van der Waals surface area contributed by atoms with Crippen LogP contribution in [0.4, 0.5) is 0 Å². The van der Waals surface area contributed by atoms with Gasteiger partial charge in [0.15, 0.2) is 0 Å². The van der Waals surface area contributed by atoms with Crippen LogP contribution >= 0.6 is 0 Å². The molecule has 1 N–H and O–H groups in total. The van der Waals surface area contributed by atoms with Gasteiger partial charge in [0.25, 0.3) is 0 Å². The molecule has 0 bridgehead atoms. The number of allylic oxidation sites excluding steroid dienone is 12. The topological polar surface area (TPSA) is 20.2 Å². The molecule has 0 atom stereocenters. The van der Waals surface area contributed by atoms with Crippen LogP contribution in [0.5, 0.6) is 0 Å². The molecule has 0 radical (unpaired) electrons. The highest BCUT2D eigenvalue weighted by Crippen LogP contribution is 2.38. The molecule has 0 heterocycles. The smallest absolute Gasteiger partial charge is 0.0460 e. The molecule has 0 aromatic rings. The van der Waals surface area contributed by atoms with E-state index in [0.29, 0.717) is 0 Å². The molecule has 0 spiro atoms. The van der Waals surface area contributed by atoms with E-state index in [-0.39, 0.29) is 6.61 Å². The summed E-state index contributed by atoms with van der Waals surface area (Å²) in [5.74, 6) is 1.20. The molecule has 3 aliphatic rings. The van der Waals surface area contributed by atoms with Gasteiger partial charge in [-0.2, -0.15) is 0 Å². The molecule has 3 rings (SSSR count). The lowest BCUT2D eigenvalue weighted by Gasteiger charge is -2.33. The van der Waals surface area contributed by atoms with Crippen LogP contribution in [0, 0.1) is 5.92 Å². The van der Waals surface area contributed by atoms with Crippen LogP contribution in [-0.4, -0.2) is 11.7 Å². The average Bonchev–Trinajstić information content (AvgIpc) is 2.91. The van der Waals surface area contributed by atoms with E-state index < -0.39 is 0 Å². The Labute approximate surface area is 101 Å². The van der Waals surface area contributed by atoms with Crippen LogP contribution in [0.15, 0.2) is 83.1 Å². The van der Waals surface area contributed by atoms with E-state index >= 15 is 0 Å². The first-order valence-electron chi connectivity index (χ1n) is 5.74. The van der Waals surface area contributed by atoms with E-state index in [2.05, 4.69) is 30.4 Å². The van der Waals surface area contributed by atoms with Gasteiger partial charge in [-0.25, -0.2) is 0 Å². The van der Waals surface area contributed by atoms with Gasteiger partial charge in [-0.05, 0) is 0 Å². The van der Waals surface area contributed by atoms with Crippen LogP contribution in [0.25, 0.3) is 0 Å². The van der Waals surface area contributed by atoms with Crippen molar-refractivity contribution >= 4 is 0 Å². The number of aliphatic hydroxyl groups is 1. The number of fused-ring (bicyclic) bond motifs is 1. The first-order valence-corrected chi connectivity index (χ1v) is 5.74. The molecule has 84 valence electrons. The summed E-state index contributed by atoms with van der Waals surface area (Å²) in [7, 11) is 0. The third kappa shape index (κ3) is 1.65. The predicted octanol–water partition coefficient (Wildman–Crippen LogP) is 2.97. The fourth-order valence-corrected chi connectivity index (χ4v) is 2.32. The molecule has 1 heteroatoms. The lowest BCUT2D eigenvalue weighted by atomic mass is 9.78. The molecule has 0 aromatic heterocycles. The molecular formula is C16H13O-. The molecule has 1 nitrogen and oxygen atoms in total. The first kappa shape index (κ1) is 10.2. The van der Waals surface area contributed by atoms with Crippen molar-refractivity contribution in [2.45, 2.75) is 0 Å². The van der Waals surface area contributed by atoms with Crippen molar-refractivity contribution in [1.29, 1.82) is 0 Å². The van der Waals surface area contributed by atoms with Crippen LogP contribution in [0.1, 0.15) is 0 Å². The standard InChI is InChI=1S/C16H13O/c17-11-13-7-3-10-16-14(8-4-9-15(13)16)12-5-1-2-6-12/h1-10,17H,11H2/q-1. The molecule has 0 saturated carbocycles. The minimum absolute atomic E-state index is 0.0851. The van der Waals surface area contributed by atoms with Crippen LogP contribution < -0.4 is 0 Å². The molecular weight excluding hydrogens is 208 g/mol.